The zero-order valence-electron chi connectivity index (χ0n) is 16.1. The van der Waals surface area contributed by atoms with Crippen molar-refractivity contribution in [3.05, 3.63) is 64.8 Å². The molecule has 0 aliphatic carbocycles. The number of halogens is 1. The topological polar surface area (TPSA) is 48.8 Å². The first kappa shape index (κ1) is 19.0. The van der Waals surface area contributed by atoms with Crippen LogP contribution >= 0.6 is 11.6 Å². The molecule has 4 rings (SSSR count). The van der Waals surface area contributed by atoms with Gasteiger partial charge in [-0.15, -0.1) is 0 Å². The summed E-state index contributed by atoms with van der Waals surface area (Å²) in [6.45, 7) is 3.77. The Bertz CT molecular complexity index is 969. The molecule has 146 valence electrons. The summed E-state index contributed by atoms with van der Waals surface area (Å²) >= 11 is 6.58. The van der Waals surface area contributed by atoms with E-state index in [1.54, 1.807) is 13.3 Å². The predicted octanol–water partition coefficient (Wildman–Crippen LogP) is 3.94. The molecule has 0 bridgehead atoms. The van der Waals surface area contributed by atoms with Gasteiger partial charge in [-0.05, 0) is 42.9 Å². The van der Waals surface area contributed by atoms with Crippen LogP contribution < -0.4 is 4.74 Å². The van der Waals surface area contributed by atoms with E-state index in [9.17, 15) is 5.11 Å². The van der Waals surface area contributed by atoms with Crippen LogP contribution in [0.2, 0.25) is 5.02 Å². The number of piperazine rings is 1. The van der Waals surface area contributed by atoms with Crippen LogP contribution in [0.5, 0.6) is 11.5 Å². The van der Waals surface area contributed by atoms with Gasteiger partial charge in [0, 0.05) is 43.3 Å². The summed E-state index contributed by atoms with van der Waals surface area (Å²) in [5.41, 5.74) is 2.41. The summed E-state index contributed by atoms with van der Waals surface area (Å²) in [6, 6.07) is 13.5. The van der Waals surface area contributed by atoms with E-state index in [0.717, 1.165) is 48.4 Å². The molecule has 2 heterocycles. The van der Waals surface area contributed by atoms with Gasteiger partial charge in [-0.2, -0.15) is 0 Å². The zero-order chi connectivity index (χ0) is 19.7. The van der Waals surface area contributed by atoms with Gasteiger partial charge < -0.3 is 14.7 Å². The Hall–Kier alpha value is -2.34. The summed E-state index contributed by atoms with van der Waals surface area (Å²) in [5, 5.41) is 12.5. The normalized spacial score (nSPS) is 17.0. The van der Waals surface area contributed by atoms with Crippen LogP contribution in [-0.2, 0) is 0 Å². The Morgan fingerprint density at radius 2 is 1.82 bits per heavy atom. The lowest BCUT2D eigenvalue weighted by Crippen LogP contribution is -2.46. The molecule has 0 saturated carbocycles. The van der Waals surface area contributed by atoms with Crippen molar-refractivity contribution in [3.63, 3.8) is 0 Å². The van der Waals surface area contributed by atoms with Crippen LogP contribution in [0.1, 0.15) is 17.2 Å². The molecule has 1 N–H and O–H groups in total. The van der Waals surface area contributed by atoms with Gasteiger partial charge in [0.2, 0.25) is 0 Å². The van der Waals surface area contributed by atoms with E-state index >= 15 is 0 Å². The second-order valence-corrected chi connectivity index (χ2v) is 7.62. The standard InChI is InChI=1S/C22H24ClN3O2/c1-25-10-12-26(13-11-25)21(15-5-7-16(28-2)8-6-15)18-14-19(23)17-4-3-9-24-20(17)22(18)27/h3-9,14,21,27H,10-13H2,1-2H3/t21-/m0/s1. The molecule has 0 unspecified atom stereocenters. The molecular weight excluding hydrogens is 374 g/mol. The maximum Gasteiger partial charge on any atom is 0.147 e. The van der Waals surface area contributed by atoms with Crippen LogP contribution in [0.3, 0.4) is 0 Å². The lowest BCUT2D eigenvalue weighted by Gasteiger charge is -2.38. The number of fused-ring (bicyclic) bond motifs is 1. The molecule has 1 saturated heterocycles. The number of ether oxygens (including phenoxy) is 1. The number of aromatic hydroxyl groups is 1. The summed E-state index contributed by atoms with van der Waals surface area (Å²) < 4.78 is 5.31. The Kier molecular flexibility index (Phi) is 5.40. The van der Waals surface area contributed by atoms with Gasteiger partial charge in [0.05, 0.1) is 18.2 Å². The third kappa shape index (κ3) is 3.53. The molecule has 1 aromatic heterocycles. The van der Waals surface area contributed by atoms with E-state index in [4.69, 9.17) is 16.3 Å². The first-order valence-electron chi connectivity index (χ1n) is 9.41. The molecule has 0 spiro atoms. The maximum absolute atomic E-state index is 11.1. The van der Waals surface area contributed by atoms with E-state index in [2.05, 4.69) is 34.0 Å². The van der Waals surface area contributed by atoms with Crippen LogP contribution in [0.15, 0.2) is 48.7 Å². The summed E-state index contributed by atoms with van der Waals surface area (Å²) in [6.07, 6.45) is 1.68. The summed E-state index contributed by atoms with van der Waals surface area (Å²) in [7, 11) is 3.79. The third-order valence-corrected chi connectivity index (χ3v) is 5.79. The zero-order valence-corrected chi connectivity index (χ0v) is 16.9. The van der Waals surface area contributed by atoms with Gasteiger partial charge in [-0.25, -0.2) is 0 Å². The number of phenols is 1. The van der Waals surface area contributed by atoms with Crippen molar-refractivity contribution in [2.24, 2.45) is 0 Å². The summed E-state index contributed by atoms with van der Waals surface area (Å²) in [5.74, 6) is 1.00. The molecule has 0 radical (unpaired) electrons. The number of methoxy groups -OCH3 is 1. The van der Waals surface area contributed by atoms with Crippen molar-refractivity contribution in [1.82, 2.24) is 14.8 Å². The lowest BCUT2D eigenvalue weighted by molar-refractivity contribution is 0.126. The number of hydrogen-bond donors (Lipinski definition) is 1. The quantitative estimate of drug-likeness (QED) is 0.722. The Balaban J connectivity index is 1.85. The molecule has 6 heteroatoms. The van der Waals surface area contributed by atoms with E-state index in [-0.39, 0.29) is 11.8 Å². The number of phenolic OH excluding ortho intramolecular Hbond substituents is 1. The number of rotatable bonds is 4. The molecule has 1 aliphatic heterocycles. The minimum Gasteiger partial charge on any atom is -0.505 e. The van der Waals surface area contributed by atoms with Crippen molar-refractivity contribution in [3.8, 4) is 11.5 Å². The van der Waals surface area contributed by atoms with Gasteiger partial charge in [0.1, 0.15) is 17.0 Å². The van der Waals surface area contributed by atoms with E-state index in [0.29, 0.717) is 10.5 Å². The number of benzene rings is 2. The monoisotopic (exact) mass is 397 g/mol. The Labute approximate surface area is 170 Å². The second kappa shape index (κ2) is 7.95. The number of aromatic nitrogens is 1. The predicted molar refractivity (Wildman–Crippen MR) is 112 cm³/mol. The van der Waals surface area contributed by atoms with Crippen molar-refractivity contribution < 1.29 is 9.84 Å². The average molecular weight is 398 g/mol. The first-order valence-corrected chi connectivity index (χ1v) is 9.79. The highest BCUT2D eigenvalue weighted by Crippen LogP contribution is 2.41. The summed E-state index contributed by atoms with van der Waals surface area (Å²) in [4.78, 5) is 9.09. The highest BCUT2D eigenvalue weighted by Gasteiger charge is 2.29. The molecular formula is C22H24ClN3O2. The number of likely N-dealkylation sites (N-methyl/N-ethyl adjacent to an activating group) is 1. The third-order valence-electron chi connectivity index (χ3n) is 5.47. The first-order chi connectivity index (χ1) is 13.6. The fourth-order valence-electron chi connectivity index (χ4n) is 3.87. The van der Waals surface area contributed by atoms with E-state index in [1.807, 2.05) is 30.3 Å². The number of nitrogens with zero attached hydrogens (tertiary/aromatic N) is 3. The number of hydrogen-bond acceptors (Lipinski definition) is 5. The molecule has 3 aromatic rings. The largest absolute Gasteiger partial charge is 0.505 e. The minimum absolute atomic E-state index is 0.108. The Morgan fingerprint density at radius 3 is 2.50 bits per heavy atom. The molecule has 0 amide bonds. The van der Waals surface area contributed by atoms with Gasteiger partial charge in [0.15, 0.2) is 0 Å². The molecule has 1 atom stereocenters. The van der Waals surface area contributed by atoms with E-state index in [1.165, 1.54) is 0 Å². The number of pyridine rings is 1. The molecule has 28 heavy (non-hydrogen) atoms. The van der Waals surface area contributed by atoms with Crippen molar-refractivity contribution >= 4 is 22.5 Å². The fourth-order valence-corrected chi connectivity index (χ4v) is 4.14. The van der Waals surface area contributed by atoms with Crippen LogP contribution in [0.4, 0.5) is 0 Å². The van der Waals surface area contributed by atoms with Crippen molar-refractivity contribution in [2.75, 3.05) is 40.3 Å². The maximum atomic E-state index is 11.1. The van der Waals surface area contributed by atoms with Crippen LogP contribution in [0.25, 0.3) is 10.9 Å². The minimum atomic E-state index is -0.108. The molecule has 2 aromatic carbocycles. The smallest absolute Gasteiger partial charge is 0.147 e. The Morgan fingerprint density at radius 1 is 1.11 bits per heavy atom. The van der Waals surface area contributed by atoms with Crippen molar-refractivity contribution in [1.29, 1.82) is 0 Å². The molecule has 1 fully saturated rings. The fraction of sp³-hybridized carbons (Fsp3) is 0.318. The second-order valence-electron chi connectivity index (χ2n) is 7.21. The van der Waals surface area contributed by atoms with Crippen molar-refractivity contribution in [2.45, 2.75) is 6.04 Å². The van der Waals surface area contributed by atoms with Gasteiger partial charge in [0.25, 0.3) is 0 Å². The highest BCUT2D eigenvalue weighted by atomic mass is 35.5. The average Bonchev–Trinajstić information content (AvgIpc) is 2.73. The lowest BCUT2D eigenvalue weighted by atomic mass is 9.94. The van der Waals surface area contributed by atoms with Gasteiger partial charge >= 0.3 is 0 Å². The highest BCUT2D eigenvalue weighted by molar-refractivity contribution is 6.35. The van der Waals surface area contributed by atoms with E-state index < -0.39 is 0 Å². The van der Waals surface area contributed by atoms with Crippen LogP contribution in [0, 0.1) is 0 Å². The molecule has 1 aliphatic rings. The van der Waals surface area contributed by atoms with Crippen LogP contribution in [-0.4, -0.2) is 60.2 Å². The van der Waals surface area contributed by atoms with Gasteiger partial charge in [-0.1, -0.05) is 23.7 Å². The SMILES string of the molecule is COc1ccc([C@@H](c2cc(Cl)c3cccnc3c2O)N2CCN(C)CC2)cc1. The van der Waals surface area contributed by atoms with Gasteiger partial charge in [-0.3, -0.25) is 9.88 Å². The molecule has 5 nitrogen and oxygen atoms in total.